The molecule has 3 heteroatoms. The summed E-state index contributed by atoms with van der Waals surface area (Å²) < 4.78 is 0. The van der Waals surface area contributed by atoms with E-state index in [0.717, 1.165) is 26.1 Å². The molecular weight excluding hydrogens is 224 g/mol. The van der Waals surface area contributed by atoms with E-state index in [1.54, 1.807) is 0 Å². The maximum Gasteiger partial charge on any atom is 0.0597 e. The van der Waals surface area contributed by atoms with Crippen molar-refractivity contribution in [3.8, 4) is 0 Å². The van der Waals surface area contributed by atoms with Crippen molar-refractivity contribution in [3.63, 3.8) is 0 Å². The van der Waals surface area contributed by atoms with Gasteiger partial charge in [-0.25, -0.2) is 0 Å². The van der Waals surface area contributed by atoms with Crippen LogP contribution in [0.3, 0.4) is 0 Å². The monoisotopic (exact) mass is 248 g/mol. The van der Waals surface area contributed by atoms with E-state index in [-0.39, 0.29) is 18.2 Å². The van der Waals surface area contributed by atoms with Gasteiger partial charge >= 0.3 is 0 Å². The summed E-state index contributed by atoms with van der Waals surface area (Å²) in [5.74, 6) is 0. The summed E-state index contributed by atoms with van der Waals surface area (Å²) in [6.07, 6.45) is 1.07. The zero-order chi connectivity index (χ0) is 13.0. The number of hydrogen-bond donors (Lipinski definition) is 2. The van der Waals surface area contributed by atoms with Crippen molar-refractivity contribution in [3.05, 3.63) is 35.9 Å². The van der Waals surface area contributed by atoms with Crippen LogP contribution in [-0.2, 0) is 6.42 Å². The van der Waals surface area contributed by atoms with Gasteiger partial charge in [0.2, 0.25) is 0 Å². The van der Waals surface area contributed by atoms with Crippen LogP contribution in [0.5, 0.6) is 0 Å². The standard InChI is InChI=1S/C15H24N2O/c1-15(2)12-16-14(11-18)10-17(15)9-8-13-6-4-3-5-7-13/h3-7,14,16,18H,8-12H2,1-2H3. The van der Waals surface area contributed by atoms with Crippen LogP contribution in [0.4, 0.5) is 0 Å². The lowest BCUT2D eigenvalue weighted by molar-refractivity contribution is 0.0502. The third kappa shape index (κ3) is 3.31. The number of aliphatic hydroxyl groups excluding tert-OH is 1. The summed E-state index contributed by atoms with van der Waals surface area (Å²) in [4.78, 5) is 2.48. The highest BCUT2D eigenvalue weighted by Crippen LogP contribution is 2.19. The Hall–Kier alpha value is -0.900. The largest absolute Gasteiger partial charge is 0.395 e. The van der Waals surface area contributed by atoms with Gasteiger partial charge in [-0.1, -0.05) is 30.3 Å². The summed E-state index contributed by atoms with van der Waals surface area (Å²) in [5, 5.41) is 12.7. The molecule has 3 nitrogen and oxygen atoms in total. The molecule has 2 N–H and O–H groups in total. The lowest BCUT2D eigenvalue weighted by atomic mass is 9.96. The van der Waals surface area contributed by atoms with Crippen LogP contribution >= 0.6 is 0 Å². The van der Waals surface area contributed by atoms with Gasteiger partial charge in [-0.15, -0.1) is 0 Å². The van der Waals surface area contributed by atoms with Gasteiger partial charge in [0.1, 0.15) is 0 Å². The number of nitrogens with zero attached hydrogens (tertiary/aromatic N) is 1. The second-order valence-electron chi connectivity index (χ2n) is 5.75. The van der Waals surface area contributed by atoms with Crippen LogP contribution in [0.1, 0.15) is 19.4 Å². The fraction of sp³-hybridized carbons (Fsp3) is 0.600. The molecule has 0 radical (unpaired) electrons. The maximum atomic E-state index is 9.28. The third-order valence-corrected chi connectivity index (χ3v) is 3.85. The first-order valence-corrected chi connectivity index (χ1v) is 6.75. The van der Waals surface area contributed by atoms with Gasteiger partial charge in [0.05, 0.1) is 6.61 Å². The molecule has 1 fully saturated rings. The van der Waals surface area contributed by atoms with Crippen LogP contribution in [0.15, 0.2) is 30.3 Å². The van der Waals surface area contributed by atoms with Crippen molar-refractivity contribution in [2.24, 2.45) is 0 Å². The lowest BCUT2D eigenvalue weighted by Crippen LogP contribution is -2.63. The van der Waals surface area contributed by atoms with Crippen LogP contribution < -0.4 is 5.32 Å². The van der Waals surface area contributed by atoms with E-state index < -0.39 is 0 Å². The summed E-state index contributed by atoms with van der Waals surface area (Å²) in [5.41, 5.74) is 1.55. The molecule has 1 heterocycles. The molecule has 0 spiro atoms. The number of piperazine rings is 1. The highest BCUT2D eigenvalue weighted by atomic mass is 16.3. The van der Waals surface area contributed by atoms with Crippen molar-refractivity contribution in [2.75, 3.05) is 26.2 Å². The SMILES string of the molecule is CC1(C)CNC(CO)CN1CCc1ccccc1. The van der Waals surface area contributed by atoms with Crippen LogP contribution in [0.25, 0.3) is 0 Å². The molecule has 1 atom stereocenters. The molecule has 0 amide bonds. The van der Waals surface area contributed by atoms with Gasteiger partial charge in [-0.3, -0.25) is 4.90 Å². The average molecular weight is 248 g/mol. The second-order valence-corrected chi connectivity index (χ2v) is 5.75. The third-order valence-electron chi connectivity index (χ3n) is 3.85. The van der Waals surface area contributed by atoms with E-state index in [1.807, 2.05) is 0 Å². The van der Waals surface area contributed by atoms with Gasteiger partial charge in [0.15, 0.2) is 0 Å². The number of rotatable bonds is 4. The summed E-state index contributed by atoms with van der Waals surface area (Å²) in [6, 6.07) is 10.8. The van der Waals surface area contributed by atoms with Gasteiger partial charge in [0, 0.05) is 31.2 Å². The predicted molar refractivity (Wildman–Crippen MR) is 74.7 cm³/mol. The van der Waals surface area contributed by atoms with E-state index in [0.29, 0.717) is 0 Å². The Bertz CT molecular complexity index is 364. The van der Waals surface area contributed by atoms with E-state index in [2.05, 4.69) is 54.4 Å². The molecule has 1 aromatic carbocycles. The fourth-order valence-electron chi connectivity index (χ4n) is 2.51. The minimum absolute atomic E-state index is 0.167. The van der Waals surface area contributed by atoms with Crippen molar-refractivity contribution in [1.29, 1.82) is 0 Å². The molecule has 1 aliphatic heterocycles. The Morgan fingerprint density at radius 1 is 1.33 bits per heavy atom. The zero-order valence-corrected chi connectivity index (χ0v) is 11.4. The maximum absolute atomic E-state index is 9.28. The van der Waals surface area contributed by atoms with Gasteiger partial charge in [-0.2, -0.15) is 0 Å². The Balaban J connectivity index is 1.93. The number of aliphatic hydroxyl groups is 1. The normalized spacial score (nSPS) is 24.1. The van der Waals surface area contributed by atoms with Gasteiger partial charge < -0.3 is 10.4 Å². The molecule has 18 heavy (non-hydrogen) atoms. The molecule has 1 aliphatic rings. The minimum atomic E-state index is 0.167. The Labute approximate surface area is 110 Å². The predicted octanol–water partition coefficient (Wildman–Crippen LogP) is 1.27. The van der Waals surface area contributed by atoms with E-state index in [9.17, 15) is 5.11 Å². The van der Waals surface area contributed by atoms with Crippen LogP contribution in [-0.4, -0.2) is 47.8 Å². The highest BCUT2D eigenvalue weighted by Gasteiger charge is 2.33. The molecule has 1 saturated heterocycles. The van der Waals surface area contributed by atoms with Crippen molar-refractivity contribution in [1.82, 2.24) is 10.2 Å². The van der Waals surface area contributed by atoms with Crippen LogP contribution in [0, 0.1) is 0 Å². The molecule has 0 saturated carbocycles. The Kier molecular flexibility index (Phi) is 4.38. The molecular formula is C15H24N2O. The Morgan fingerprint density at radius 2 is 2.06 bits per heavy atom. The second kappa shape index (κ2) is 5.83. The zero-order valence-electron chi connectivity index (χ0n) is 11.4. The number of nitrogens with one attached hydrogen (secondary N) is 1. The van der Waals surface area contributed by atoms with Crippen LogP contribution in [0.2, 0.25) is 0 Å². The summed E-state index contributed by atoms with van der Waals surface area (Å²) in [6.45, 7) is 7.66. The number of benzene rings is 1. The average Bonchev–Trinajstić information content (AvgIpc) is 2.38. The topological polar surface area (TPSA) is 35.5 Å². The first-order valence-electron chi connectivity index (χ1n) is 6.75. The first kappa shape index (κ1) is 13.5. The molecule has 0 aliphatic carbocycles. The molecule has 0 bridgehead atoms. The van der Waals surface area contributed by atoms with Gasteiger partial charge in [-0.05, 0) is 25.8 Å². The fourth-order valence-corrected chi connectivity index (χ4v) is 2.51. The van der Waals surface area contributed by atoms with E-state index in [4.69, 9.17) is 0 Å². The first-order chi connectivity index (χ1) is 8.62. The van der Waals surface area contributed by atoms with Crippen molar-refractivity contribution < 1.29 is 5.11 Å². The molecule has 100 valence electrons. The lowest BCUT2D eigenvalue weighted by Gasteiger charge is -2.46. The van der Waals surface area contributed by atoms with Gasteiger partial charge in [0.25, 0.3) is 0 Å². The summed E-state index contributed by atoms with van der Waals surface area (Å²) >= 11 is 0. The van der Waals surface area contributed by atoms with E-state index in [1.165, 1.54) is 5.56 Å². The molecule has 1 aromatic rings. The highest BCUT2D eigenvalue weighted by molar-refractivity contribution is 5.15. The molecule has 2 rings (SSSR count). The van der Waals surface area contributed by atoms with E-state index >= 15 is 0 Å². The number of hydrogen-bond acceptors (Lipinski definition) is 3. The smallest absolute Gasteiger partial charge is 0.0597 e. The van der Waals surface area contributed by atoms with Crippen molar-refractivity contribution >= 4 is 0 Å². The van der Waals surface area contributed by atoms with Crippen molar-refractivity contribution in [2.45, 2.75) is 31.8 Å². The summed E-state index contributed by atoms with van der Waals surface area (Å²) in [7, 11) is 0. The molecule has 0 aromatic heterocycles. The Morgan fingerprint density at radius 3 is 2.72 bits per heavy atom. The minimum Gasteiger partial charge on any atom is -0.395 e. The quantitative estimate of drug-likeness (QED) is 0.842. The molecule has 1 unspecified atom stereocenters.